The second-order valence-corrected chi connectivity index (χ2v) is 3.89. The number of para-hydroxylation sites is 1. The quantitative estimate of drug-likeness (QED) is 0.439. The number of benzene rings is 1. The van der Waals surface area contributed by atoms with E-state index in [1.54, 1.807) is 10.5 Å². The molecule has 0 spiro atoms. The first-order valence-electron chi connectivity index (χ1n) is 4.83. The van der Waals surface area contributed by atoms with E-state index in [4.69, 9.17) is 11.6 Å². The molecule has 16 heavy (non-hydrogen) atoms. The van der Waals surface area contributed by atoms with Crippen molar-refractivity contribution >= 4 is 28.2 Å². The lowest BCUT2D eigenvalue weighted by molar-refractivity contribution is 1.09. The van der Waals surface area contributed by atoms with E-state index >= 15 is 0 Å². The van der Waals surface area contributed by atoms with Crippen LogP contribution in [-0.4, -0.2) is 9.38 Å². The Morgan fingerprint density at radius 2 is 1.94 bits per heavy atom. The van der Waals surface area contributed by atoms with E-state index in [1.807, 2.05) is 30.3 Å². The number of hydrogen-bond acceptors (Lipinski definition) is 2. The molecule has 2 aromatic heterocycles. The Morgan fingerprint density at radius 3 is 2.81 bits per heavy atom. The Labute approximate surface area is 95.9 Å². The van der Waals surface area contributed by atoms with Gasteiger partial charge in [0.25, 0.3) is 5.56 Å². The zero-order valence-corrected chi connectivity index (χ0v) is 8.98. The molecular weight excluding hydrogens is 224 g/mol. The highest BCUT2D eigenvalue weighted by molar-refractivity contribution is 6.29. The second-order valence-electron chi connectivity index (χ2n) is 3.50. The second kappa shape index (κ2) is 3.32. The largest absolute Gasteiger partial charge is 0.269 e. The molecule has 3 rings (SSSR count). The third-order valence-electron chi connectivity index (χ3n) is 2.50. The van der Waals surface area contributed by atoms with Crippen LogP contribution in [0, 0.1) is 0 Å². The molecule has 0 unspecified atom stereocenters. The van der Waals surface area contributed by atoms with Gasteiger partial charge in [-0.25, -0.2) is 4.98 Å². The molecular formula is C12H7ClN2O. The van der Waals surface area contributed by atoms with E-state index in [0.29, 0.717) is 5.65 Å². The third kappa shape index (κ3) is 1.29. The minimum atomic E-state index is -0.160. The van der Waals surface area contributed by atoms with Gasteiger partial charge in [0.05, 0.1) is 5.52 Å². The Hall–Kier alpha value is -1.87. The lowest BCUT2D eigenvalue weighted by atomic mass is 10.2. The van der Waals surface area contributed by atoms with Crippen LogP contribution in [0.15, 0.2) is 47.3 Å². The van der Waals surface area contributed by atoms with Crippen molar-refractivity contribution in [3.05, 3.63) is 58.0 Å². The van der Waals surface area contributed by atoms with Crippen molar-refractivity contribution in [2.24, 2.45) is 0 Å². The fourth-order valence-electron chi connectivity index (χ4n) is 1.82. The topological polar surface area (TPSA) is 34.4 Å². The molecule has 0 saturated heterocycles. The van der Waals surface area contributed by atoms with E-state index in [0.717, 1.165) is 10.9 Å². The van der Waals surface area contributed by atoms with Gasteiger partial charge >= 0.3 is 0 Å². The number of halogens is 1. The van der Waals surface area contributed by atoms with Crippen molar-refractivity contribution < 1.29 is 0 Å². The first-order chi connectivity index (χ1) is 7.75. The van der Waals surface area contributed by atoms with Crippen molar-refractivity contribution in [3.8, 4) is 0 Å². The van der Waals surface area contributed by atoms with Crippen LogP contribution in [0.3, 0.4) is 0 Å². The molecule has 0 aliphatic heterocycles. The summed E-state index contributed by atoms with van der Waals surface area (Å²) >= 11 is 5.75. The monoisotopic (exact) mass is 230 g/mol. The normalized spacial score (nSPS) is 11.1. The molecule has 0 amide bonds. The van der Waals surface area contributed by atoms with Gasteiger partial charge < -0.3 is 0 Å². The van der Waals surface area contributed by atoms with Gasteiger partial charge in [0, 0.05) is 6.07 Å². The van der Waals surface area contributed by atoms with Crippen molar-refractivity contribution in [2.45, 2.75) is 0 Å². The van der Waals surface area contributed by atoms with Crippen LogP contribution in [0.4, 0.5) is 0 Å². The van der Waals surface area contributed by atoms with Gasteiger partial charge in [-0.05, 0) is 23.6 Å². The van der Waals surface area contributed by atoms with Gasteiger partial charge in [0.1, 0.15) is 10.8 Å². The molecule has 0 bridgehead atoms. The summed E-state index contributed by atoms with van der Waals surface area (Å²) in [6.45, 7) is 0. The Morgan fingerprint density at radius 1 is 1.12 bits per heavy atom. The molecule has 0 atom stereocenters. The van der Waals surface area contributed by atoms with Crippen molar-refractivity contribution in [1.82, 2.24) is 9.38 Å². The van der Waals surface area contributed by atoms with Gasteiger partial charge in [-0.3, -0.25) is 9.20 Å². The lowest BCUT2D eigenvalue weighted by Gasteiger charge is -2.04. The molecule has 0 saturated carbocycles. The minimum absolute atomic E-state index is 0.160. The molecule has 4 heteroatoms. The zero-order valence-electron chi connectivity index (χ0n) is 8.22. The van der Waals surface area contributed by atoms with Gasteiger partial charge in [-0.2, -0.15) is 0 Å². The standard InChI is InChI=1S/C12H7ClN2O/c13-10-7-12(16)15-9-4-2-1-3-8(9)5-6-11(15)14-10/h1-7H. The number of pyridine rings is 1. The van der Waals surface area contributed by atoms with Crippen molar-refractivity contribution in [1.29, 1.82) is 0 Å². The number of rotatable bonds is 0. The van der Waals surface area contributed by atoms with Crippen molar-refractivity contribution in [3.63, 3.8) is 0 Å². The molecule has 2 heterocycles. The number of hydrogen-bond donors (Lipinski definition) is 0. The third-order valence-corrected chi connectivity index (χ3v) is 2.70. The zero-order chi connectivity index (χ0) is 11.1. The van der Waals surface area contributed by atoms with Crippen LogP contribution in [0.2, 0.25) is 5.15 Å². The Kier molecular flexibility index (Phi) is 1.94. The Balaban J connectivity index is 2.65. The van der Waals surface area contributed by atoms with Crippen LogP contribution in [-0.2, 0) is 0 Å². The van der Waals surface area contributed by atoms with Crippen LogP contribution >= 0.6 is 11.6 Å². The van der Waals surface area contributed by atoms with Crippen LogP contribution < -0.4 is 5.56 Å². The molecule has 1 aromatic carbocycles. The SMILES string of the molecule is O=c1cc(Cl)nc2ccc3ccccc3n12. The predicted molar refractivity (Wildman–Crippen MR) is 64.0 cm³/mol. The summed E-state index contributed by atoms with van der Waals surface area (Å²) in [4.78, 5) is 16.0. The number of nitrogens with zero attached hydrogens (tertiary/aromatic N) is 2. The summed E-state index contributed by atoms with van der Waals surface area (Å²) < 4.78 is 1.56. The highest BCUT2D eigenvalue weighted by Crippen LogP contribution is 2.14. The number of aromatic nitrogens is 2. The molecule has 0 aliphatic carbocycles. The van der Waals surface area contributed by atoms with Crippen LogP contribution in [0.1, 0.15) is 0 Å². The van der Waals surface area contributed by atoms with Crippen molar-refractivity contribution in [2.75, 3.05) is 0 Å². The Bertz CT molecular complexity index is 749. The van der Waals surface area contributed by atoms with Gasteiger partial charge in [-0.15, -0.1) is 0 Å². The first-order valence-corrected chi connectivity index (χ1v) is 5.20. The first kappa shape index (κ1) is 9.36. The van der Waals surface area contributed by atoms with Gasteiger partial charge in [0.15, 0.2) is 0 Å². The number of fused-ring (bicyclic) bond motifs is 3. The average molecular weight is 231 g/mol. The average Bonchev–Trinajstić information content (AvgIpc) is 2.28. The summed E-state index contributed by atoms with van der Waals surface area (Å²) in [5.41, 5.74) is 1.25. The minimum Gasteiger partial charge on any atom is -0.269 e. The predicted octanol–water partition coefficient (Wildman–Crippen LogP) is 2.50. The molecule has 3 nitrogen and oxygen atoms in total. The molecule has 0 N–H and O–H groups in total. The van der Waals surface area contributed by atoms with E-state index in [2.05, 4.69) is 4.98 Å². The maximum Gasteiger partial charge on any atom is 0.259 e. The smallest absolute Gasteiger partial charge is 0.259 e. The van der Waals surface area contributed by atoms with Crippen LogP contribution in [0.5, 0.6) is 0 Å². The van der Waals surface area contributed by atoms with Crippen LogP contribution in [0.25, 0.3) is 16.6 Å². The van der Waals surface area contributed by atoms with Gasteiger partial charge in [0.2, 0.25) is 0 Å². The highest BCUT2D eigenvalue weighted by Gasteiger charge is 2.03. The highest BCUT2D eigenvalue weighted by atomic mass is 35.5. The molecule has 0 radical (unpaired) electrons. The summed E-state index contributed by atoms with van der Waals surface area (Å²) in [7, 11) is 0. The van der Waals surface area contributed by atoms with E-state index in [9.17, 15) is 4.79 Å². The fraction of sp³-hybridized carbons (Fsp3) is 0. The maximum atomic E-state index is 11.9. The summed E-state index contributed by atoms with van der Waals surface area (Å²) in [6.07, 6.45) is 0. The summed E-state index contributed by atoms with van der Waals surface area (Å²) in [6, 6.07) is 12.7. The van der Waals surface area contributed by atoms with E-state index in [-0.39, 0.29) is 10.7 Å². The molecule has 0 aliphatic rings. The maximum absolute atomic E-state index is 11.9. The molecule has 3 aromatic rings. The molecule has 78 valence electrons. The van der Waals surface area contributed by atoms with E-state index < -0.39 is 0 Å². The van der Waals surface area contributed by atoms with Gasteiger partial charge in [-0.1, -0.05) is 29.8 Å². The lowest BCUT2D eigenvalue weighted by Crippen LogP contribution is -2.14. The summed E-state index contributed by atoms with van der Waals surface area (Å²) in [5, 5.41) is 1.22. The fourth-order valence-corrected chi connectivity index (χ4v) is 2.00. The van der Waals surface area contributed by atoms with E-state index in [1.165, 1.54) is 6.07 Å². The molecule has 0 fully saturated rings. The summed E-state index contributed by atoms with van der Waals surface area (Å²) in [5.74, 6) is 0.